The van der Waals surface area contributed by atoms with Crippen molar-refractivity contribution in [2.75, 3.05) is 44.6 Å². The van der Waals surface area contributed by atoms with Gasteiger partial charge in [0.15, 0.2) is 0 Å². The molecule has 0 aliphatic carbocycles. The zero-order valence-electron chi connectivity index (χ0n) is 14.3. The number of urea groups is 1. The van der Waals surface area contributed by atoms with E-state index >= 15 is 0 Å². The minimum atomic E-state index is -0.711. The molecule has 138 valence electrons. The maximum Gasteiger partial charge on any atom is 0.321 e. The number of anilines is 1. The summed E-state index contributed by atoms with van der Waals surface area (Å²) in [5.74, 6) is -1.42. The molecule has 0 spiro atoms. The molecular weight excluding hydrogens is 328 g/mol. The molecule has 1 aromatic carbocycles. The van der Waals surface area contributed by atoms with E-state index in [1.54, 1.807) is 4.90 Å². The standard InChI is InChI=1S/C18H25F2N3O2/c19-14-9-15(20)11-16(10-14)21-18(24)23-7-4-8-25-17(13-23)12-22-5-2-1-3-6-22/h9-11,17H,1-8,12-13H2,(H,21,24)/t17-/m0/s1. The number of likely N-dealkylation sites (tertiary alicyclic amines) is 1. The number of piperidine rings is 1. The van der Waals surface area contributed by atoms with Gasteiger partial charge in [-0.15, -0.1) is 0 Å². The van der Waals surface area contributed by atoms with Crippen molar-refractivity contribution in [1.29, 1.82) is 0 Å². The summed E-state index contributed by atoms with van der Waals surface area (Å²) in [6, 6.07) is 2.66. The molecule has 5 nitrogen and oxygen atoms in total. The van der Waals surface area contributed by atoms with E-state index in [1.807, 2.05) is 0 Å². The molecule has 1 atom stereocenters. The number of nitrogens with one attached hydrogen (secondary N) is 1. The van der Waals surface area contributed by atoms with Crippen LogP contribution in [0.25, 0.3) is 0 Å². The van der Waals surface area contributed by atoms with Gasteiger partial charge in [-0.25, -0.2) is 13.6 Å². The highest BCUT2D eigenvalue weighted by molar-refractivity contribution is 5.89. The number of hydrogen-bond donors (Lipinski definition) is 1. The van der Waals surface area contributed by atoms with E-state index in [-0.39, 0.29) is 17.8 Å². The van der Waals surface area contributed by atoms with Gasteiger partial charge in [0.2, 0.25) is 0 Å². The van der Waals surface area contributed by atoms with Gasteiger partial charge >= 0.3 is 6.03 Å². The molecule has 2 fully saturated rings. The lowest BCUT2D eigenvalue weighted by Crippen LogP contribution is -2.45. The third-order valence-corrected chi connectivity index (χ3v) is 4.66. The van der Waals surface area contributed by atoms with Crippen LogP contribution in [0.1, 0.15) is 25.7 Å². The van der Waals surface area contributed by atoms with Crippen LogP contribution in [0.4, 0.5) is 19.3 Å². The Kier molecular flexibility index (Phi) is 6.20. The predicted octanol–water partition coefficient (Wildman–Crippen LogP) is 3.07. The number of hydrogen-bond acceptors (Lipinski definition) is 3. The number of nitrogens with zero attached hydrogens (tertiary/aromatic N) is 2. The number of amides is 2. The first kappa shape index (κ1) is 18.1. The van der Waals surface area contributed by atoms with Gasteiger partial charge in [-0.1, -0.05) is 6.42 Å². The molecule has 2 saturated heterocycles. The fourth-order valence-corrected chi connectivity index (χ4v) is 3.45. The van der Waals surface area contributed by atoms with E-state index in [9.17, 15) is 13.6 Å². The summed E-state index contributed by atoms with van der Waals surface area (Å²) in [5, 5.41) is 2.58. The Morgan fingerprint density at radius 2 is 1.80 bits per heavy atom. The van der Waals surface area contributed by atoms with E-state index < -0.39 is 11.6 Å². The summed E-state index contributed by atoms with van der Waals surface area (Å²) >= 11 is 0. The number of rotatable bonds is 3. The zero-order chi connectivity index (χ0) is 17.6. The van der Waals surface area contributed by atoms with Gasteiger partial charge in [-0.3, -0.25) is 0 Å². The normalized spacial score (nSPS) is 22.5. The molecular formula is C18H25F2N3O2. The van der Waals surface area contributed by atoms with Crippen LogP contribution in [-0.4, -0.2) is 61.3 Å². The zero-order valence-corrected chi connectivity index (χ0v) is 14.3. The molecule has 0 aromatic heterocycles. The molecule has 7 heteroatoms. The molecule has 25 heavy (non-hydrogen) atoms. The van der Waals surface area contributed by atoms with Gasteiger partial charge in [0, 0.05) is 38.0 Å². The van der Waals surface area contributed by atoms with Crippen LogP contribution in [0, 0.1) is 11.6 Å². The summed E-state index contributed by atoms with van der Waals surface area (Å²) in [6.07, 6.45) is 4.42. The SMILES string of the molecule is O=C(Nc1cc(F)cc(F)c1)N1CCCO[C@@H](CN2CCCCC2)C1. The molecule has 0 saturated carbocycles. The summed E-state index contributed by atoms with van der Waals surface area (Å²) in [5.41, 5.74) is 0.125. The van der Waals surface area contributed by atoms with Gasteiger partial charge in [0.25, 0.3) is 0 Å². The highest BCUT2D eigenvalue weighted by atomic mass is 19.1. The summed E-state index contributed by atoms with van der Waals surface area (Å²) in [6.45, 7) is 4.65. The van der Waals surface area contributed by atoms with Crippen LogP contribution in [0.2, 0.25) is 0 Å². The number of halogens is 2. The van der Waals surface area contributed by atoms with Crippen molar-refractivity contribution in [3.63, 3.8) is 0 Å². The first-order valence-electron chi connectivity index (χ1n) is 8.96. The quantitative estimate of drug-likeness (QED) is 0.908. The van der Waals surface area contributed by atoms with Gasteiger partial charge in [-0.05, 0) is 44.5 Å². The Labute approximate surface area is 146 Å². The Bertz CT molecular complexity index is 573. The van der Waals surface area contributed by atoms with Crippen molar-refractivity contribution >= 4 is 11.7 Å². The molecule has 2 amide bonds. The minimum absolute atomic E-state index is 0.0319. The predicted molar refractivity (Wildman–Crippen MR) is 91.6 cm³/mol. The molecule has 2 aliphatic heterocycles. The molecule has 1 aromatic rings. The Morgan fingerprint density at radius 3 is 2.52 bits per heavy atom. The summed E-state index contributed by atoms with van der Waals surface area (Å²) < 4.78 is 32.4. The lowest BCUT2D eigenvalue weighted by atomic mass is 10.1. The van der Waals surface area contributed by atoms with Crippen LogP contribution < -0.4 is 5.32 Å². The maximum atomic E-state index is 13.3. The fraction of sp³-hybridized carbons (Fsp3) is 0.611. The third-order valence-electron chi connectivity index (χ3n) is 4.66. The lowest BCUT2D eigenvalue weighted by Gasteiger charge is -2.31. The third kappa shape index (κ3) is 5.37. The minimum Gasteiger partial charge on any atom is -0.375 e. The summed E-state index contributed by atoms with van der Waals surface area (Å²) in [7, 11) is 0. The smallest absolute Gasteiger partial charge is 0.321 e. The number of benzene rings is 1. The highest BCUT2D eigenvalue weighted by Crippen LogP contribution is 2.16. The Balaban J connectivity index is 1.58. The van der Waals surface area contributed by atoms with Crippen molar-refractivity contribution in [3.8, 4) is 0 Å². The topological polar surface area (TPSA) is 44.8 Å². The maximum absolute atomic E-state index is 13.3. The van der Waals surface area contributed by atoms with Crippen molar-refractivity contribution in [3.05, 3.63) is 29.8 Å². The van der Waals surface area contributed by atoms with E-state index in [4.69, 9.17) is 4.74 Å². The number of ether oxygens (including phenoxy) is 1. The average Bonchev–Trinajstić information content (AvgIpc) is 2.80. The van der Waals surface area contributed by atoms with Crippen LogP contribution in [0.5, 0.6) is 0 Å². The second-order valence-electron chi connectivity index (χ2n) is 6.74. The largest absolute Gasteiger partial charge is 0.375 e. The molecule has 1 N–H and O–H groups in total. The molecule has 2 heterocycles. The van der Waals surface area contributed by atoms with E-state index in [0.717, 1.165) is 44.3 Å². The van der Waals surface area contributed by atoms with Crippen molar-refractivity contribution < 1.29 is 18.3 Å². The van der Waals surface area contributed by atoms with Crippen molar-refractivity contribution in [2.24, 2.45) is 0 Å². The second kappa shape index (κ2) is 8.58. The first-order valence-corrected chi connectivity index (χ1v) is 8.96. The van der Waals surface area contributed by atoms with Crippen LogP contribution in [-0.2, 0) is 4.74 Å². The van der Waals surface area contributed by atoms with Gasteiger partial charge < -0.3 is 19.9 Å². The van der Waals surface area contributed by atoms with Gasteiger partial charge in [0.05, 0.1) is 6.10 Å². The van der Waals surface area contributed by atoms with E-state index in [1.165, 1.54) is 19.3 Å². The first-order chi connectivity index (χ1) is 12.1. The monoisotopic (exact) mass is 353 g/mol. The van der Waals surface area contributed by atoms with E-state index in [2.05, 4.69) is 10.2 Å². The second-order valence-corrected chi connectivity index (χ2v) is 6.74. The van der Waals surface area contributed by atoms with Gasteiger partial charge in [0.1, 0.15) is 11.6 Å². The molecule has 3 rings (SSSR count). The molecule has 0 bridgehead atoms. The highest BCUT2D eigenvalue weighted by Gasteiger charge is 2.25. The average molecular weight is 353 g/mol. The Morgan fingerprint density at radius 1 is 1.08 bits per heavy atom. The summed E-state index contributed by atoms with van der Waals surface area (Å²) in [4.78, 5) is 16.5. The van der Waals surface area contributed by atoms with Crippen molar-refractivity contribution in [2.45, 2.75) is 31.8 Å². The lowest BCUT2D eigenvalue weighted by molar-refractivity contribution is 0.0261. The molecule has 0 radical (unpaired) electrons. The van der Waals surface area contributed by atoms with Crippen LogP contribution in [0.15, 0.2) is 18.2 Å². The number of carbonyl (C=O) groups excluding carboxylic acids is 1. The van der Waals surface area contributed by atoms with Crippen LogP contribution in [0.3, 0.4) is 0 Å². The van der Waals surface area contributed by atoms with Gasteiger partial charge in [-0.2, -0.15) is 0 Å². The van der Waals surface area contributed by atoms with Crippen LogP contribution >= 0.6 is 0 Å². The molecule has 0 unspecified atom stereocenters. The number of carbonyl (C=O) groups is 1. The van der Waals surface area contributed by atoms with E-state index in [0.29, 0.717) is 19.7 Å². The molecule has 2 aliphatic rings. The van der Waals surface area contributed by atoms with Crippen molar-refractivity contribution in [1.82, 2.24) is 9.80 Å². The Hall–Kier alpha value is -1.73. The fourth-order valence-electron chi connectivity index (χ4n) is 3.45.